The van der Waals surface area contributed by atoms with Crippen molar-refractivity contribution in [2.75, 3.05) is 27.4 Å². The van der Waals surface area contributed by atoms with Crippen LogP contribution in [0.5, 0.6) is 0 Å². The van der Waals surface area contributed by atoms with E-state index in [1.54, 1.807) is 46.3 Å². The molecule has 0 aliphatic rings. The fourth-order valence-corrected chi connectivity index (χ4v) is 2.24. The van der Waals surface area contributed by atoms with Crippen LogP contribution in [0.2, 0.25) is 0 Å². The van der Waals surface area contributed by atoms with Gasteiger partial charge in [-0.1, -0.05) is 18.1 Å². The van der Waals surface area contributed by atoms with Crippen LogP contribution in [0.15, 0.2) is 36.4 Å². The molecule has 0 aromatic heterocycles. The second-order valence-electron chi connectivity index (χ2n) is 5.28. The molecule has 0 heterocycles. The molecule has 0 saturated carbocycles. The first kappa shape index (κ1) is 25.1. The van der Waals surface area contributed by atoms with Crippen LogP contribution < -0.4 is 0 Å². The predicted octanol–water partition coefficient (Wildman–Crippen LogP) is 3.45. The number of esters is 2. The molecular weight excluding hydrogens is 392 g/mol. The molecule has 2 aromatic rings. The molecule has 0 saturated heterocycles. The topological polar surface area (TPSA) is 71.1 Å². The van der Waals surface area contributed by atoms with E-state index in [2.05, 4.69) is 0 Å². The third kappa shape index (κ3) is 8.54. The molecule has 6 nitrogen and oxygen atoms in total. The molecular formula is C20H26FeO6-6. The Morgan fingerprint density at radius 3 is 2.30 bits per heavy atom. The molecule has 0 atom stereocenters. The molecule has 156 valence electrons. The maximum absolute atomic E-state index is 11.3. The van der Waals surface area contributed by atoms with E-state index in [1.165, 1.54) is 0 Å². The van der Waals surface area contributed by atoms with Crippen LogP contribution in [0, 0.1) is 0 Å². The number of carbonyl (C=O) groups excluding carboxylic acids is 2. The van der Waals surface area contributed by atoms with Crippen LogP contribution in [-0.2, 0) is 49.2 Å². The van der Waals surface area contributed by atoms with Gasteiger partial charge in [0.1, 0.15) is 0 Å². The first-order valence-corrected chi connectivity index (χ1v) is 8.39. The first-order chi connectivity index (χ1) is 12.6. The molecule has 0 aliphatic heterocycles. The van der Waals surface area contributed by atoms with Crippen molar-refractivity contribution in [1.82, 2.24) is 0 Å². The number of carbonyl (C=O) groups is 2. The molecule has 2 aromatic carbocycles. The summed E-state index contributed by atoms with van der Waals surface area (Å²) in [5, 5.41) is 0. The molecule has 0 spiro atoms. The zero-order valence-electron chi connectivity index (χ0n) is 16.1. The number of hydrogen-bond donors (Lipinski definition) is 0. The van der Waals surface area contributed by atoms with E-state index in [1.807, 2.05) is 18.2 Å². The third-order valence-corrected chi connectivity index (χ3v) is 3.34. The summed E-state index contributed by atoms with van der Waals surface area (Å²) < 4.78 is 19.6. The molecule has 0 aliphatic carbocycles. The van der Waals surface area contributed by atoms with Gasteiger partial charge in [-0.15, -0.1) is 0 Å². The van der Waals surface area contributed by atoms with Gasteiger partial charge in [-0.05, 0) is 13.8 Å². The van der Waals surface area contributed by atoms with E-state index in [-0.39, 0.29) is 29.0 Å². The molecule has 0 fully saturated rings. The van der Waals surface area contributed by atoms with Crippen molar-refractivity contribution in [2.45, 2.75) is 27.1 Å². The second kappa shape index (κ2) is 14.2. The summed E-state index contributed by atoms with van der Waals surface area (Å²) in [5.74, 6) is -0.551. The summed E-state index contributed by atoms with van der Waals surface area (Å²) in [6.45, 7) is 5.36. The number of methoxy groups -OCH3 is 2. The molecule has 7 heteroatoms. The summed E-state index contributed by atoms with van der Waals surface area (Å²) in [6, 6.07) is 10.8. The van der Waals surface area contributed by atoms with Crippen LogP contribution in [-0.4, -0.2) is 39.4 Å². The van der Waals surface area contributed by atoms with Gasteiger partial charge in [0, 0.05) is 37.9 Å². The molecule has 0 unspecified atom stereocenters. The minimum absolute atomic E-state index is 0. The molecule has 0 amide bonds. The van der Waals surface area contributed by atoms with Gasteiger partial charge in [0.2, 0.25) is 0 Å². The summed E-state index contributed by atoms with van der Waals surface area (Å²) in [4.78, 5) is 22.5. The fraction of sp³-hybridized carbons (Fsp3) is 0.400. The van der Waals surface area contributed by atoms with Gasteiger partial charge in [0.05, 0.1) is 13.2 Å². The SMILES string of the molecule is CCOC(=O)[c-]1[cH-][cH-][cH-][c-]1COC.CCOC(=O)[c-]1ccc(COC)c1.[Fe]. The summed E-state index contributed by atoms with van der Waals surface area (Å²) in [6.07, 6.45) is 0. The Labute approximate surface area is 170 Å². The monoisotopic (exact) mass is 418 g/mol. The Bertz CT molecular complexity index is 674. The van der Waals surface area contributed by atoms with Crippen LogP contribution >= 0.6 is 0 Å². The van der Waals surface area contributed by atoms with Gasteiger partial charge >= 0.3 is 0 Å². The van der Waals surface area contributed by atoms with Crippen molar-refractivity contribution in [1.29, 1.82) is 0 Å². The van der Waals surface area contributed by atoms with Crippen LogP contribution in [0.3, 0.4) is 0 Å². The Hall–Kier alpha value is -1.92. The van der Waals surface area contributed by atoms with E-state index in [4.69, 9.17) is 18.9 Å². The average molecular weight is 418 g/mol. The Morgan fingerprint density at radius 1 is 1.04 bits per heavy atom. The Balaban J connectivity index is 0.000000483. The van der Waals surface area contributed by atoms with Crippen molar-refractivity contribution >= 4 is 11.9 Å². The standard InChI is InChI=1S/2C10H13O3.Fe/c1-3-13-10(11)9-5-4-8(6-9)7-12-2;1-3-13-10(11)9-6-4-5-8(9)7-12-2;/h2*4-6H,3,7H2,1-2H3;/q-1;-5;. The summed E-state index contributed by atoms with van der Waals surface area (Å²) in [5.41, 5.74) is 3.06. The van der Waals surface area contributed by atoms with Gasteiger partial charge in [-0.25, -0.2) is 6.07 Å². The average Bonchev–Trinajstić information content (AvgIpc) is 3.26. The maximum Gasteiger partial charge on any atom is 0.281 e. The third-order valence-electron chi connectivity index (χ3n) is 3.34. The minimum atomic E-state index is -0.278. The first-order valence-electron chi connectivity index (χ1n) is 8.39. The van der Waals surface area contributed by atoms with Gasteiger partial charge in [0.15, 0.2) is 0 Å². The largest absolute Gasteiger partial charge is 0.676 e. The molecule has 27 heavy (non-hydrogen) atoms. The smallest absolute Gasteiger partial charge is 0.281 e. The summed E-state index contributed by atoms with van der Waals surface area (Å²) >= 11 is 0. The zero-order valence-corrected chi connectivity index (χ0v) is 17.2. The fourth-order valence-electron chi connectivity index (χ4n) is 2.24. The molecule has 0 bridgehead atoms. The van der Waals surface area contributed by atoms with E-state index < -0.39 is 0 Å². The quantitative estimate of drug-likeness (QED) is 0.372. The van der Waals surface area contributed by atoms with E-state index in [9.17, 15) is 9.59 Å². The van der Waals surface area contributed by atoms with Crippen LogP contribution in [0.25, 0.3) is 0 Å². The van der Waals surface area contributed by atoms with Gasteiger partial charge in [-0.2, -0.15) is 17.7 Å². The van der Waals surface area contributed by atoms with Crippen molar-refractivity contribution in [3.8, 4) is 0 Å². The maximum atomic E-state index is 11.3. The van der Waals surface area contributed by atoms with Crippen molar-refractivity contribution in [2.24, 2.45) is 0 Å². The van der Waals surface area contributed by atoms with Crippen LogP contribution in [0.4, 0.5) is 0 Å². The van der Waals surface area contributed by atoms with Crippen molar-refractivity contribution in [3.63, 3.8) is 0 Å². The van der Waals surface area contributed by atoms with Crippen LogP contribution in [0.1, 0.15) is 45.7 Å². The van der Waals surface area contributed by atoms with Gasteiger partial charge in [0.25, 0.3) is 5.97 Å². The van der Waals surface area contributed by atoms with Gasteiger partial charge in [-0.3, -0.25) is 4.79 Å². The number of hydrogen-bond acceptors (Lipinski definition) is 6. The van der Waals surface area contributed by atoms with Crippen molar-refractivity contribution < 1.29 is 45.6 Å². The Morgan fingerprint density at radius 2 is 1.70 bits per heavy atom. The molecule has 0 N–H and O–H groups in total. The Kier molecular flexibility index (Phi) is 13.2. The zero-order chi connectivity index (χ0) is 19.4. The molecule has 2 rings (SSSR count). The second-order valence-corrected chi connectivity index (χ2v) is 5.28. The van der Waals surface area contributed by atoms with E-state index in [0.29, 0.717) is 37.6 Å². The number of ether oxygens (including phenoxy) is 4. The predicted molar refractivity (Wildman–Crippen MR) is 97.4 cm³/mol. The normalized spacial score (nSPS) is 9.63. The van der Waals surface area contributed by atoms with Crippen molar-refractivity contribution in [3.05, 3.63) is 58.7 Å². The van der Waals surface area contributed by atoms with Gasteiger partial charge < -0.3 is 53.1 Å². The van der Waals surface area contributed by atoms with E-state index in [0.717, 1.165) is 11.1 Å². The minimum Gasteiger partial charge on any atom is -0.676 e. The molecule has 0 radical (unpaired) electrons. The summed E-state index contributed by atoms with van der Waals surface area (Å²) in [7, 11) is 3.22. The van der Waals surface area contributed by atoms with E-state index >= 15 is 0 Å². The number of rotatable bonds is 8.